The zero-order valence-corrected chi connectivity index (χ0v) is 10.9. The van der Waals surface area contributed by atoms with Crippen molar-refractivity contribution in [3.8, 4) is 0 Å². The first kappa shape index (κ1) is 11.6. The van der Waals surface area contributed by atoms with Gasteiger partial charge in [-0.25, -0.2) is 4.98 Å². The summed E-state index contributed by atoms with van der Waals surface area (Å²) in [7, 11) is 2.01. The third-order valence-corrected chi connectivity index (χ3v) is 4.12. The van der Waals surface area contributed by atoms with E-state index < -0.39 is 0 Å². The van der Waals surface area contributed by atoms with Gasteiger partial charge in [0.2, 0.25) is 11.9 Å². The van der Waals surface area contributed by atoms with Crippen molar-refractivity contribution >= 4 is 11.9 Å². The van der Waals surface area contributed by atoms with E-state index in [1.54, 1.807) is 0 Å². The largest absolute Gasteiger partial charge is 0.339 e. The van der Waals surface area contributed by atoms with E-state index in [0.29, 0.717) is 11.8 Å². The first-order valence-corrected chi connectivity index (χ1v) is 6.77. The van der Waals surface area contributed by atoms with Gasteiger partial charge in [0.25, 0.3) is 0 Å². The molecule has 0 aromatic carbocycles. The second-order valence-corrected chi connectivity index (χ2v) is 5.28. The number of piperazine rings is 1. The fourth-order valence-corrected chi connectivity index (χ4v) is 2.70. The minimum absolute atomic E-state index is 0.324. The maximum Gasteiger partial charge on any atom is 0.225 e. The van der Waals surface area contributed by atoms with E-state index in [1.807, 2.05) is 28.9 Å². The molecule has 0 bridgehead atoms. The molecule has 0 atom stereocenters. The van der Waals surface area contributed by atoms with Gasteiger partial charge in [0, 0.05) is 51.5 Å². The van der Waals surface area contributed by atoms with E-state index >= 15 is 0 Å². The van der Waals surface area contributed by atoms with Crippen LogP contribution in [0.15, 0.2) is 12.4 Å². The number of aryl methyl sites for hydroxylation is 1. The summed E-state index contributed by atoms with van der Waals surface area (Å²) in [6.07, 6.45) is 7.20. The summed E-state index contributed by atoms with van der Waals surface area (Å²) in [4.78, 5) is 20.8. The number of hydrogen-bond acceptors (Lipinski definition) is 3. The number of imidazole rings is 1. The molecule has 5 heteroatoms. The van der Waals surface area contributed by atoms with Gasteiger partial charge < -0.3 is 14.4 Å². The molecule has 3 rings (SSSR count). The number of rotatable bonds is 2. The zero-order chi connectivity index (χ0) is 12.5. The van der Waals surface area contributed by atoms with E-state index in [1.165, 1.54) is 6.42 Å². The molecule has 0 spiro atoms. The fraction of sp³-hybridized carbons (Fsp3) is 0.692. The Labute approximate surface area is 107 Å². The highest BCUT2D eigenvalue weighted by atomic mass is 16.2. The average molecular weight is 248 g/mol. The van der Waals surface area contributed by atoms with Crippen LogP contribution in [0.4, 0.5) is 5.95 Å². The molecular weight excluding hydrogens is 228 g/mol. The topological polar surface area (TPSA) is 41.4 Å². The van der Waals surface area contributed by atoms with E-state index in [0.717, 1.165) is 45.0 Å². The summed E-state index contributed by atoms with van der Waals surface area (Å²) >= 11 is 0. The lowest BCUT2D eigenvalue weighted by molar-refractivity contribution is -0.138. The summed E-state index contributed by atoms with van der Waals surface area (Å²) in [5.41, 5.74) is 0. The summed E-state index contributed by atoms with van der Waals surface area (Å²) in [6.45, 7) is 3.46. The van der Waals surface area contributed by atoms with Crippen molar-refractivity contribution in [2.24, 2.45) is 13.0 Å². The lowest BCUT2D eigenvalue weighted by Gasteiger charge is -2.38. The van der Waals surface area contributed by atoms with Crippen LogP contribution < -0.4 is 4.90 Å². The summed E-state index contributed by atoms with van der Waals surface area (Å²) in [5.74, 6) is 1.70. The monoisotopic (exact) mass is 248 g/mol. The number of carbonyl (C=O) groups excluding carboxylic acids is 1. The van der Waals surface area contributed by atoms with Crippen molar-refractivity contribution in [3.05, 3.63) is 12.4 Å². The Kier molecular flexibility index (Phi) is 2.97. The Hall–Kier alpha value is -1.52. The SMILES string of the molecule is Cn1ccnc1N1CCN(C(=O)C2CCC2)CC1. The van der Waals surface area contributed by atoms with Gasteiger partial charge in [-0.2, -0.15) is 0 Å². The van der Waals surface area contributed by atoms with Gasteiger partial charge in [-0.15, -0.1) is 0 Å². The highest BCUT2D eigenvalue weighted by molar-refractivity contribution is 5.79. The minimum Gasteiger partial charge on any atom is -0.339 e. The van der Waals surface area contributed by atoms with Crippen LogP contribution in [0, 0.1) is 5.92 Å². The Balaban J connectivity index is 1.58. The number of amides is 1. The second kappa shape index (κ2) is 4.63. The lowest BCUT2D eigenvalue weighted by atomic mass is 9.84. The molecule has 1 aliphatic carbocycles. The van der Waals surface area contributed by atoms with Gasteiger partial charge in [-0.3, -0.25) is 4.79 Å². The zero-order valence-electron chi connectivity index (χ0n) is 10.9. The Morgan fingerprint density at radius 1 is 1.28 bits per heavy atom. The number of anilines is 1. The molecule has 1 amide bonds. The van der Waals surface area contributed by atoms with Crippen molar-refractivity contribution in [1.29, 1.82) is 0 Å². The maximum absolute atomic E-state index is 12.1. The quantitative estimate of drug-likeness (QED) is 0.780. The van der Waals surface area contributed by atoms with Crippen LogP contribution in [0.25, 0.3) is 0 Å². The third kappa shape index (κ3) is 1.98. The van der Waals surface area contributed by atoms with Crippen molar-refractivity contribution in [2.75, 3.05) is 31.1 Å². The minimum atomic E-state index is 0.324. The predicted molar refractivity (Wildman–Crippen MR) is 69.3 cm³/mol. The van der Waals surface area contributed by atoms with E-state index in [9.17, 15) is 4.79 Å². The number of nitrogens with zero attached hydrogens (tertiary/aromatic N) is 4. The van der Waals surface area contributed by atoms with Crippen molar-refractivity contribution in [1.82, 2.24) is 14.5 Å². The number of aromatic nitrogens is 2. The van der Waals surface area contributed by atoms with E-state index in [4.69, 9.17) is 0 Å². The highest BCUT2D eigenvalue weighted by Crippen LogP contribution is 2.28. The van der Waals surface area contributed by atoms with E-state index in [-0.39, 0.29) is 0 Å². The molecule has 1 aromatic rings. The molecule has 98 valence electrons. The highest BCUT2D eigenvalue weighted by Gasteiger charge is 2.31. The van der Waals surface area contributed by atoms with Crippen molar-refractivity contribution in [2.45, 2.75) is 19.3 Å². The van der Waals surface area contributed by atoms with Gasteiger partial charge in [-0.1, -0.05) is 6.42 Å². The maximum atomic E-state index is 12.1. The third-order valence-electron chi connectivity index (χ3n) is 4.12. The molecule has 0 N–H and O–H groups in total. The van der Waals surface area contributed by atoms with Crippen LogP contribution >= 0.6 is 0 Å². The molecule has 2 heterocycles. The Morgan fingerprint density at radius 2 is 2.00 bits per heavy atom. The van der Waals surface area contributed by atoms with Crippen molar-refractivity contribution < 1.29 is 4.79 Å². The summed E-state index contributed by atoms with van der Waals surface area (Å²) in [5, 5.41) is 0. The van der Waals surface area contributed by atoms with Gasteiger partial charge in [0.05, 0.1) is 0 Å². The lowest BCUT2D eigenvalue weighted by Crippen LogP contribution is -2.51. The average Bonchev–Trinajstić information content (AvgIpc) is 2.73. The van der Waals surface area contributed by atoms with Crippen molar-refractivity contribution in [3.63, 3.8) is 0 Å². The van der Waals surface area contributed by atoms with Gasteiger partial charge in [0.15, 0.2) is 0 Å². The van der Waals surface area contributed by atoms with Crippen LogP contribution in [0.3, 0.4) is 0 Å². The van der Waals surface area contributed by atoms with Gasteiger partial charge in [0.1, 0.15) is 0 Å². The molecule has 18 heavy (non-hydrogen) atoms. The number of hydrogen-bond donors (Lipinski definition) is 0. The number of carbonyl (C=O) groups is 1. The molecule has 1 aliphatic heterocycles. The molecule has 1 aromatic heterocycles. The summed E-state index contributed by atoms with van der Waals surface area (Å²) < 4.78 is 2.03. The molecule has 0 radical (unpaired) electrons. The molecule has 1 saturated carbocycles. The van der Waals surface area contributed by atoms with Gasteiger partial charge >= 0.3 is 0 Å². The van der Waals surface area contributed by atoms with Crippen LogP contribution in [-0.2, 0) is 11.8 Å². The van der Waals surface area contributed by atoms with Crippen LogP contribution in [0.2, 0.25) is 0 Å². The van der Waals surface area contributed by atoms with Crippen LogP contribution in [-0.4, -0.2) is 46.5 Å². The Bertz CT molecular complexity index is 430. The molecule has 2 aliphatic rings. The standard InChI is InChI=1S/C13H20N4O/c1-15-6-5-14-13(15)17-9-7-16(8-10-17)12(18)11-3-2-4-11/h5-6,11H,2-4,7-10H2,1H3. The first-order chi connectivity index (χ1) is 8.75. The fourth-order valence-electron chi connectivity index (χ4n) is 2.70. The van der Waals surface area contributed by atoms with Gasteiger partial charge in [-0.05, 0) is 12.8 Å². The molecule has 2 fully saturated rings. The second-order valence-electron chi connectivity index (χ2n) is 5.28. The molecular formula is C13H20N4O. The normalized spacial score (nSPS) is 20.9. The predicted octanol–water partition coefficient (Wildman–Crippen LogP) is 0.869. The smallest absolute Gasteiger partial charge is 0.225 e. The first-order valence-electron chi connectivity index (χ1n) is 6.77. The van der Waals surface area contributed by atoms with Crippen LogP contribution in [0.5, 0.6) is 0 Å². The molecule has 1 saturated heterocycles. The van der Waals surface area contributed by atoms with Crippen LogP contribution in [0.1, 0.15) is 19.3 Å². The summed E-state index contributed by atoms with van der Waals surface area (Å²) in [6, 6.07) is 0. The molecule has 5 nitrogen and oxygen atoms in total. The Morgan fingerprint density at radius 3 is 2.50 bits per heavy atom. The van der Waals surface area contributed by atoms with E-state index in [2.05, 4.69) is 9.88 Å². The molecule has 0 unspecified atom stereocenters.